The van der Waals surface area contributed by atoms with E-state index in [4.69, 9.17) is 0 Å². The summed E-state index contributed by atoms with van der Waals surface area (Å²) in [5.41, 5.74) is 0.202. The standard InChI is InChI=1S/C24H21N5O4.Na.H/c1-26-19-18(22(32)27(2)24(26)33)29-21(31)17(13-15-9-5-3-6-10-15)20(30)28(23(29)25-19)14-16-11-7-4-8-12-16;;/h3-12,30H,13-14H2,1-2H3;;/q;+1;-1. The van der Waals surface area contributed by atoms with Gasteiger partial charge in [0.1, 0.15) is 0 Å². The van der Waals surface area contributed by atoms with Crippen molar-refractivity contribution in [3.05, 3.63) is 109 Å². The van der Waals surface area contributed by atoms with Crippen molar-refractivity contribution in [3.63, 3.8) is 0 Å². The maximum absolute atomic E-state index is 13.6. The molecule has 0 aliphatic rings. The van der Waals surface area contributed by atoms with Crippen LogP contribution in [-0.4, -0.2) is 28.2 Å². The van der Waals surface area contributed by atoms with Crippen LogP contribution in [0.4, 0.5) is 0 Å². The van der Waals surface area contributed by atoms with Gasteiger partial charge in [0.05, 0.1) is 12.1 Å². The van der Waals surface area contributed by atoms with E-state index in [2.05, 4.69) is 4.98 Å². The molecule has 0 spiro atoms. The largest absolute Gasteiger partial charge is 1.00 e. The van der Waals surface area contributed by atoms with Gasteiger partial charge in [-0.15, -0.1) is 0 Å². The van der Waals surface area contributed by atoms with Crippen LogP contribution in [0.1, 0.15) is 18.1 Å². The number of aromatic hydroxyl groups is 1. The molecule has 0 amide bonds. The minimum atomic E-state index is -0.625. The van der Waals surface area contributed by atoms with Gasteiger partial charge in [-0.3, -0.25) is 23.3 Å². The number of imidazole rings is 1. The number of benzene rings is 2. The number of nitrogens with zero attached hydrogens (tertiary/aromatic N) is 5. The number of hydrogen-bond donors (Lipinski definition) is 1. The molecule has 9 nitrogen and oxygen atoms in total. The van der Waals surface area contributed by atoms with Crippen LogP contribution in [0.3, 0.4) is 0 Å². The van der Waals surface area contributed by atoms with Gasteiger partial charge in [0.15, 0.2) is 11.2 Å². The van der Waals surface area contributed by atoms with Crippen LogP contribution in [0.15, 0.2) is 75.0 Å². The molecular weight excluding hydrogens is 445 g/mol. The van der Waals surface area contributed by atoms with E-state index in [0.29, 0.717) is 0 Å². The van der Waals surface area contributed by atoms with Crippen LogP contribution >= 0.6 is 0 Å². The Morgan fingerprint density at radius 1 is 0.853 bits per heavy atom. The smallest absolute Gasteiger partial charge is 1.00 e. The SMILES string of the molecule is Cn1c(=O)c2c(nc3n(Cc4ccccc4)c(O)c(Cc4ccccc4)c(=O)n23)n(C)c1=O.[H-].[Na+]. The zero-order valence-electron chi connectivity index (χ0n) is 20.1. The van der Waals surface area contributed by atoms with E-state index in [1.165, 1.54) is 27.6 Å². The van der Waals surface area contributed by atoms with Gasteiger partial charge in [0.25, 0.3) is 11.1 Å². The van der Waals surface area contributed by atoms with Crippen molar-refractivity contribution in [2.24, 2.45) is 14.1 Å². The molecule has 5 aromatic rings. The Kier molecular flexibility index (Phi) is 6.35. The monoisotopic (exact) mass is 467 g/mol. The summed E-state index contributed by atoms with van der Waals surface area (Å²) in [6, 6.07) is 18.7. The molecule has 3 heterocycles. The fourth-order valence-electron chi connectivity index (χ4n) is 4.11. The number of aryl methyl sites for hydroxylation is 1. The van der Waals surface area contributed by atoms with Crippen molar-refractivity contribution in [1.82, 2.24) is 23.1 Å². The molecule has 10 heteroatoms. The molecule has 0 fully saturated rings. The van der Waals surface area contributed by atoms with E-state index in [-0.39, 0.29) is 72.3 Å². The van der Waals surface area contributed by atoms with E-state index in [9.17, 15) is 19.5 Å². The second-order valence-electron chi connectivity index (χ2n) is 7.97. The first-order valence-corrected chi connectivity index (χ1v) is 10.4. The van der Waals surface area contributed by atoms with Crippen molar-refractivity contribution in [2.45, 2.75) is 13.0 Å². The predicted molar refractivity (Wildman–Crippen MR) is 125 cm³/mol. The zero-order chi connectivity index (χ0) is 23.3. The molecule has 2 aromatic carbocycles. The van der Waals surface area contributed by atoms with Gasteiger partial charge in [-0.2, -0.15) is 4.98 Å². The molecule has 168 valence electrons. The van der Waals surface area contributed by atoms with E-state index in [0.717, 1.165) is 15.7 Å². The van der Waals surface area contributed by atoms with Crippen molar-refractivity contribution in [2.75, 3.05) is 0 Å². The summed E-state index contributed by atoms with van der Waals surface area (Å²) in [6.07, 6.45) is 0.169. The minimum Gasteiger partial charge on any atom is -1.00 e. The normalized spacial score (nSPS) is 11.1. The van der Waals surface area contributed by atoms with Crippen molar-refractivity contribution < 1.29 is 36.1 Å². The average molecular weight is 467 g/mol. The molecule has 0 bridgehead atoms. The van der Waals surface area contributed by atoms with Gasteiger partial charge in [0.2, 0.25) is 11.7 Å². The van der Waals surface area contributed by atoms with E-state index >= 15 is 0 Å². The summed E-state index contributed by atoms with van der Waals surface area (Å²) < 4.78 is 4.88. The van der Waals surface area contributed by atoms with E-state index < -0.39 is 16.8 Å². The van der Waals surface area contributed by atoms with Crippen LogP contribution in [0.25, 0.3) is 16.9 Å². The van der Waals surface area contributed by atoms with Crippen molar-refractivity contribution in [3.8, 4) is 5.88 Å². The fraction of sp³-hybridized carbons (Fsp3) is 0.167. The van der Waals surface area contributed by atoms with Gasteiger partial charge in [-0.25, -0.2) is 9.20 Å². The summed E-state index contributed by atoms with van der Waals surface area (Å²) >= 11 is 0. The Morgan fingerprint density at radius 2 is 1.44 bits per heavy atom. The summed E-state index contributed by atoms with van der Waals surface area (Å²) in [5, 5.41) is 11.2. The van der Waals surface area contributed by atoms with Crippen LogP contribution in [0.2, 0.25) is 0 Å². The first-order chi connectivity index (χ1) is 15.9. The van der Waals surface area contributed by atoms with Crippen LogP contribution in [0, 0.1) is 0 Å². The first-order valence-electron chi connectivity index (χ1n) is 10.4. The Morgan fingerprint density at radius 3 is 2.06 bits per heavy atom. The number of aromatic nitrogens is 5. The molecule has 0 unspecified atom stereocenters. The third kappa shape index (κ3) is 3.71. The zero-order valence-corrected chi connectivity index (χ0v) is 21.1. The molecule has 0 aliphatic carbocycles. The van der Waals surface area contributed by atoms with Crippen LogP contribution < -0.4 is 46.4 Å². The molecular formula is C24H22N5NaO4. The molecule has 0 saturated carbocycles. The summed E-state index contributed by atoms with van der Waals surface area (Å²) in [4.78, 5) is 43.6. The molecule has 0 atom stereocenters. The van der Waals surface area contributed by atoms with Gasteiger partial charge in [-0.1, -0.05) is 60.7 Å². The summed E-state index contributed by atoms with van der Waals surface area (Å²) in [7, 11) is 2.85. The minimum absolute atomic E-state index is 0. The number of hydrogen-bond acceptors (Lipinski definition) is 5. The molecule has 0 saturated heterocycles. The summed E-state index contributed by atoms with van der Waals surface area (Å²) in [5.74, 6) is -0.135. The predicted octanol–water partition coefficient (Wildman–Crippen LogP) is -1.49. The fourth-order valence-corrected chi connectivity index (χ4v) is 4.11. The third-order valence-electron chi connectivity index (χ3n) is 5.88. The number of rotatable bonds is 4. The number of fused-ring (bicyclic) bond motifs is 3. The van der Waals surface area contributed by atoms with Gasteiger partial charge in [0, 0.05) is 20.5 Å². The van der Waals surface area contributed by atoms with E-state index in [1.54, 1.807) is 0 Å². The second kappa shape index (κ2) is 9.09. The Bertz CT molecular complexity index is 1710. The van der Waals surface area contributed by atoms with Crippen LogP contribution in [-0.2, 0) is 27.1 Å². The Balaban J connectivity index is 0.00000171. The molecule has 0 radical (unpaired) electrons. The molecule has 5 rings (SSSR count). The topological polar surface area (TPSA) is 104 Å². The quantitative estimate of drug-likeness (QED) is 0.325. The summed E-state index contributed by atoms with van der Waals surface area (Å²) in [6.45, 7) is 0.218. The molecule has 0 aliphatic heterocycles. The molecule has 3 aromatic heterocycles. The Labute approximate surface area is 216 Å². The maximum atomic E-state index is 13.6. The van der Waals surface area contributed by atoms with Gasteiger partial charge in [-0.05, 0) is 11.1 Å². The Hall–Kier alpha value is -3.40. The van der Waals surface area contributed by atoms with Crippen LogP contribution in [0.5, 0.6) is 5.88 Å². The third-order valence-corrected chi connectivity index (χ3v) is 5.88. The van der Waals surface area contributed by atoms with Crippen molar-refractivity contribution >= 4 is 16.9 Å². The maximum Gasteiger partial charge on any atom is 1.00 e. The van der Waals surface area contributed by atoms with Crippen molar-refractivity contribution in [1.29, 1.82) is 0 Å². The van der Waals surface area contributed by atoms with Gasteiger partial charge < -0.3 is 6.53 Å². The van der Waals surface area contributed by atoms with E-state index in [1.807, 2.05) is 60.7 Å². The second-order valence-corrected chi connectivity index (χ2v) is 7.97. The first kappa shape index (κ1) is 23.7. The average Bonchev–Trinajstić information content (AvgIpc) is 3.24. The molecule has 1 N–H and O–H groups in total. The molecule has 34 heavy (non-hydrogen) atoms. The van der Waals surface area contributed by atoms with Gasteiger partial charge >= 0.3 is 35.2 Å².